The average Bonchev–Trinajstić information content (AvgIpc) is 3.17. The summed E-state index contributed by atoms with van der Waals surface area (Å²) in [4.78, 5) is 10.4. The Morgan fingerprint density at radius 3 is 2.75 bits per heavy atom. The Bertz CT molecular complexity index is 866. The minimum atomic E-state index is -0.403. The van der Waals surface area contributed by atoms with Gasteiger partial charge in [0, 0.05) is 24.2 Å². The zero-order valence-corrected chi connectivity index (χ0v) is 12.9. The van der Waals surface area contributed by atoms with Gasteiger partial charge in [-0.25, -0.2) is 4.68 Å². The van der Waals surface area contributed by atoms with Crippen LogP contribution >= 0.6 is 0 Å². The number of nitrogens with one attached hydrogen (secondary N) is 1. The number of fused-ring (bicyclic) bond motifs is 1. The Labute approximate surface area is 138 Å². The highest BCUT2D eigenvalue weighted by atomic mass is 16.6. The molecule has 3 aromatic rings. The minimum absolute atomic E-state index is 0.0659. The normalized spacial score (nSPS) is 13.8. The summed E-state index contributed by atoms with van der Waals surface area (Å²) < 4.78 is 7.34. The van der Waals surface area contributed by atoms with Crippen molar-refractivity contribution >= 4 is 11.5 Å². The monoisotopic (exact) mass is 324 g/mol. The molecule has 0 unspecified atom stereocenters. The van der Waals surface area contributed by atoms with E-state index in [0.717, 1.165) is 54.3 Å². The fraction of sp³-hybridized carbons (Fsp3) is 0.235. The molecule has 24 heavy (non-hydrogen) atoms. The highest BCUT2D eigenvalue weighted by molar-refractivity contribution is 5.68. The first-order chi connectivity index (χ1) is 11.7. The number of non-ortho nitro benzene ring substituents is 1. The van der Waals surface area contributed by atoms with Gasteiger partial charge in [0.15, 0.2) is 5.76 Å². The maximum atomic E-state index is 10.8. The predicted octanol–water partition coefficient (Wildman–Crippen LogP) is 3.79. The first-order valence-electron chi connectivity index (χ1n) is 7.88. The van der Waals surface area contributed by atoms with Crippen molar-refractivity contribution < 1.29 is 9.34 Å². The quantitative estimate of drug-likeness (QED) is 0.585. The van der Waals surface area contributed by atoms with Crippen molar-refractivity contribution in [2.45, 2.75) is 19.3 Å². The van der Waals surface area contributed by atoms with E-state index in [1.54, 1.807) is 18.4 Å². The van der Waals surface area contributed by atoms with Crippen LogP contribution in [-0.2, 0) is 6.42 Å². The first-order valence-corrected chi connectivity index (χ1v) is 7.88. The van der Waals surface area contributed by atoms with Gasteiger partial charge in [0.1, 0.15) is 11.5 Å². The molecular formula is C17H16N4O3. The molecule has 0 atom stereocenters. The van der Waals surface area contributed by atoms with E-state index in [9.17, 15) is 10.1 Å². The van der Waals surface area contributed by atoms with E-state index in [-0.39, 0.29) is 5.69 Å². The van der Waals surface area contributed by atoms with Crippen LogP contribution in [0, 0.1) is 10.1 Å². The molecule has 0 saturated heterocycles. The van der Waals surface area contributed by atoms with E-state index >= 15 is 0 Å². The molecule has 2 aromatic heterocycles. The number of nitro groups is 1. The van der Waals surface area contributed by atoms with Crippen LogP contribution in [0.5, 0.6) is 0 Å². The maximum Gasteiger partial charge on any atom is 0.269 e. The van der Waals surface area contributed by atoms with Gasteiger partial charge in [-0.2, -0.15) is 5.10 Å². The highest BCUT2D eigenvalue weighted by Crippen LogP contribution is 2.34. The lowest BCUT2D eigenvalue weighted by atomic mass is 10.1. The van der Waals surface area contributed by atoms with Crippen molar-refractivity contribution in [1.82, 2.24) is 9.78 Å². The van der Waals surface area contributed by atoms with Gasteiger partial charge in [-0.3, -0.25) is 10.1 Å². The number of hydrogen-bond donors (Lipinski definition) is 1. The second-order valence-electron chi connectivity index (χ2n) is 5.72. The topological polar surface area (TPSA) is 86.1 Å². The van der Waals surface area contributed by atoms with E-state index in [2.05, 4.69) is 5.32 Å². The van der Waals surface area contributed by atoms with Gasteiger partial charge in [0.2, 0.25) is 0 Å². The second kappa shape index (κ2) is 5.84. The Kier molecular flexibility index (Phi) is 3.53. The summed E-state index contributed by atoms with van der Waals surface area (Å²) >= 11 is 0. The molecule has 0 fully saturated rings. The van der Waals surface area contributed by atoms with Crippen LogP contribution in [0.4, 0.5) is 11.5 Å². The van der Waals surface area contributed by atoms with Crippen LogP contribution < -0.4 is 5.32 Å². The van der Waals surface area contributed by atoms with Crippen molar-refractivity contribution in [3.8, 4) is 17.1 Å². The third kappa shape index (κ3) is 2.44. The predicted molar refractivity (Wildman–Crippen MR) is 89.3 cm³/mol. The largest absolute Gasteiger partial charge is 0.463 e. The van der Waals surface area contributed by atoms with E-state index in [4.69, 9.17) is 9.52 Å². The smallest absolute Gasteiger partial charge is 0.269 e. The summed E-state index contributed by atoms with van der Waals surface area (Å²) in [5.41, 5.74) is 2.80. The lowest BCUT2D eigenvalue weighted by Crippen LogP contribution is -2.07. The number of furan rings is 1. The molecule has 7 nitrogen and oxygen atoms in total. The second-order valence-corrected chi connectivity index (χ2v) is 5.72. The average molecular weight is 324 g/mol. The fourth-order valence-corrected chi connectivity index (χ4v) is 3.02. The van der Waals surface area contributed by atoms with Gasteiger partial charge in [-0.05, 0) is 43.5 Å². The number of benzene rings is 1. The molecule has 4 rings (SSSR count). The van der Waals surface area contributed by atoms with Crippen LogP contribution in [0.25, 0.3) is 17.1 Å². The number of nitro benzene ring substituents is 1. The summed E-state index contributed by atoms with van der Waals surface area (Å²) in [6.07, 6.45) is 4.73. The maximum absolute atomic E-state index is 10.8. The number of nitrogens with zero attached hydrogens (tertiary/aromatic N) is 3. The van der Waals surface area contributed by atoms with Crippen LogP contribution in [0.2, 0.25) is 0 Å². The van der Waals surface area contributed by atoms with Gasteiger partial charge in [-0.1, -0.05) is 0 Å². The molecule has 0 amide bonds. The SMILES string of the molecule is O=[N+]([O-])c1ccc(-n2nc(-c3ccco3)c3c2NCCCC3)cc1. The molecule has 0 aliphatic carbocycles. The molecule has 0 radical (unpaired) electrons. The Morgan fingerprint density at radius 1 is 1.21 bits per heavy atom. The van der Waals surface area contributed by atoms with Crippen molar-refractivity contribution in [3.63, 3.8) is 0 Å². The van der Waals surface area contributed by atoms with E-state index < -0.39 is 4.92 Å². The van der Waals surface area contributed by atoms with Gasteiger partial charge in [-0.15, -0.1) is 0 Å². The third-order valence-electron chi connectivity index (χ3n) is 4.19. The molecule has 0 bridgehead atoms. The summed E-state index contributed by atoms with van der Waals surface area (Å²) in [5.74, 6) is 1.67. The lowest BCUT2D eigenvalue weighted by Gasteiger charge is -2.08. The molecular weight excluding hydrogens is 308 g/mol. The molecule has 1 N–H and O–H groups in total. The summed E-state index contributed by atoms with van der Waals surface area (Å²) in [6, 6.07) is 10.2. The van der Waals surface area contributed by atoms with Crippen molar-refractivity contribution in [1.29, 1.82) is 0 Å². The highest BCUT2D eigenvalue weighted by Gasteiger charge is 2.23. The number of rotatable bonds is 3. The zero-order chi connectivity index (χ0) is 16.5. The van der Waals surface area contributed by atoms with E-state index in [1.807, 2.05) is 16.8 Å². The van der Waals surface area contributed by atoms with E-state index in [1.165, 1.54) is 12.1 Å². The van der Waals surface area contributed by atoms with E-state index in [0.29, 0.717) is 0 Å². The van der Waals surface area contributed by atoms with Crippen molar-refractivity contribution in [2.24, 2.45) is 0 Å². The molecule has 7 heteroatoms. The first kappa shape index (κ1) is 14.5. The molecule has 1 aliphatic rings. The van der Waals surface area contributed by atoms with Gasteiger partial charge in [0.25, 0.3) is 5.69 Å². The lowest BCUT2D eigenvalue weighted by molar-refractivity contribution is -0.384. The Hall–Kier alpha value is -3.09. The summed E-state index contributed by atoms with van der Waals surface area (Å²) in [6.45, 7) is 0.878. The number of aromatic nitrogens is 2. The van der Waals surface area contributed by atoms with Crippen molar-refractivity contribution in [2.75, 3.05) is 11.9 Å². The van der Waals surface area contributed by atoms with Crippen LogP contribution in [-0.4, -0.2) is 21.2 Å². The Morgan fingerprint density at radius 2 is 2.04 bits per heavy atom. The van der Waals surface area contributed by atoms with Gasteiger partial charge >= 0.3 is 0 Å². The molecule has 1 aliphatic heterocycles. The molecule has 3 heterocycles. The van der Waals surface area contributed by atoms with Gasteiger partial charge in [0.05, 0.1) is 16.9 Å². The molecule has 1 aromatic carbocycles. The number of anilines is 1. The summed E-state index contributed by atoms with van der Waals surface area (Å²) in [7, 11) is 0. The van der Waals surface area contributed by atoms with Crippen LogP contribution in [0.3, 0.4) is 0 Å². The fourth-order valence-electron chi connectivity index (χ4n) is 3.02. The van der Waals surface area contributed by atoms with Gasteiger partial charge < -0.3 is 9.73 Å². The van der Waals surface area contributed by atoms with Crippen LogP contribution in [0.15, 0.2) is 47.1 Å². The molecule has 0 saturated carbocycles. The minimum Gasteiger partial charge on any atom is -0.463 e. The molecule has 122 valence electrons. The van der Waals surface area contributed by atoms with Crippen LogP contribution in [0.1, 0.15) is 18.4 Å². The number of hydrogen-bond acceptors (Lipinski definition) is 5. The standard InChI is InChI=1S/C17H16N4O3/c22-21(23)13-8-6-12(7-9-13)20-17-14(4-1-2-10-18-17)16(19-20)15-5-3-11-24-15/h3,5-9,11,18H,1-2,4,10H2. The Balaban J connectivity index is 1.84. The van der Waals surface area contributed by atoms with Crippen molar-refractivity contribution in [3.05, 3.63) is 58.3 Å². The third-order valence-corrected chi connectivity index (χ3v) is 4.19. The zero-order valence-electron chi connectivity index (χ0n) is 12.9. The summed E-state index contributed by atoms with van der Waals surface area (Å²) in [5, 5.41) is 19.0. The molecule has 0 spiro atoms.